The molecule has 162 valence electrons. The Hall–Kier alpha value is -2.04. The molecule has 1 aliphatic heterocycles. The normalized spacial score (nSPS) is 15.1. The smallest absolute Gasteiger partial charge is 0.256 e. The van der Waals surface area contributed by atoms with Gasteiger partial charge in [-0.1, -0.05) is 26.7 Å². The van der Waals surface area contributed by atoms with Crippen molar-refractivity contribution >= 4 is 23.2 Å². The largest absolute Gasteiger partial charge is 0.371 e. The van der Waals surface area contributed by atoms with E-state index in [-0.39, 0.29) is 17.7 Å². The van der Waals surface area contributed by atoms with Gasteiger partial charge in [-0.05, 0) is 64.2 Å². The summed E-state index contributed by atoms with van der Waals surface area (Å²) in [6.07, 6.45) is 7.47. The third kappa shape index (κ3) is 6.22. The Morgan fingerprint density at radius 2 is 1.76 bits per heavy atom. The zero-order chi connectivity index (χ0) is 21.2. The lowest BCUT2D eigenvalue weighted by atomic mass is 9.98. The third-order valence-electron chi connectivity index (χ3n) is 6.01. The van der Waals surface area contributed by atoms with Gasteiger partial charge >= 0.3 is 0 Å². The molecular weight excluding hydrogens is 362 g/mol. The van der Waals surface area contributed by atoms with E-state index in [1.807, 2.05) is 36.9 Å². The molecule has 1 heterocycles. The van der Waals surface area contributed by atoms with Crippen molar-refractivity contribution in [3.05, 3.63) is 23.8 Å². The summed E-state index contributed by atoms with van der Waals surface area (Å²) in [4.78, 5) is 30.1. The van der Waals surface area contributed by atoms with E-state index in [4.69, 9.17) is 0 Å². The first-order valence-electron chi connectivity index (χ1n) is 11.5. The van der Waals surface area contributed by atoms with Crippen molar-refractivity contribution in [2.75, 3.05) is 36.4 Å². The molecule has 2 rings (SSSR count). The van der Waals surface area contributed by atoms with Gasteiger partial charge in [0.15, 0.2) is 0 Å². The molecule has 1 aromatic rings. The SMILES string of the molecule is CCCC[C@@H](CC)C(=O)Nc1ccc(N2CCCCC2)c(C(=O)N(CC)CC)c1. The van der Waals surface area contributed by atoms with E-state index in [1.54, 1.807) is 0 Å². The molecule has 5 heteroatoms. The Morgan fingerprint density at radius 3 is 2.34 bits per heavy atom. The predicted molar refractivity (Wildman–Crippen MR) is 122 cm³/mol. The fourth-order valence-electron chi connectivity index (χ4n) is 4.09. The minimum absolute atomic E-state index is 0.0265. The van der Waals surface area contributed by atoms with Gasteiger partial charge in [-0.2, -0.15) is 0 Å². The molecule has 0 spiro atoms. The number of unbranched alkanes of at least 4 members (excludes halogenated alkanes) is 1. The van der Waals surface area contributed by atoms with E-state index in [1.165, 1.54) is 6.42 Å². The number of anilines is 2. The van der Waals surface area contributed by atoms with Gasteiger partial charge in [-0.25, -0.2) is 0 Å². The van der Waals surface area contributed by atoms with Gasteiger partial charge in [-0.15, -0.1) is 0 Å². The molecular formula is C24H39N3O2. The molecule has 1 aliphatic rings. The van der Waals surface area contributed by atoms with Crippen LogP contribution < -0.4 is 10.2 Å². The van der Waals surface area contributed by atoms with Crippen LogP contribution in [0.5, 0.6) is 0 Å². The second kappa shape index (κ2) is 11.8. The quantitative estimate of drug-likeness (QED) is 0.578. The summed E-state index contributed by atoms with van der Waals surface area (Å²) in [6, 6.07) is 5.85. The number of hydrogen-bond donors (Lipinski definition) is 1. The number of carbonyl (C=O) groups is 2. The summed E-state index contributed by atoms with van der Waals surface area (Å²) in [7, 11) is 0. The average molecular weight is 402 g/mol. The van der Waals surface area contributed by atoms with Gasteiger partial charge in [-0.3, -0.25) is 9.59 Å². The van der Waals surface area contributed by atoms with Crippen molar-refractivity contribution in [2.24, 2.45) is 5.92 Å². The van der Waals surface area contributed by atoms with Gasteiger partial charge in [0.25, 0.3) is 5.91 Å². The molecule has 1 aromatic carbocycles. The molecule has 0 unspecified atom stereocenters. The van der Waals surface area contributed by atoms with Crippen molar-refractivity contribution in [3.8, 4) is 0 Å². The van der Waals surface area contributed by atoms with Crippen LogP contribution in [0.2, 0.25) is 0 Å². The van der Waals surface area contributed by atoms with E-state index < -0.39 is 0 Å². The number of rotatable bonds is 10. The van der Waals surface area contributed by atoms with Gasteiger partial charge in [0.2, 0.25) is 5.91 Å². The molecule has 1 atom stereocenters. The van der Waals surface area contributed by atoms with E-state index in [0.29, 0.717) is 18.7 Å². The van der Waals surface area contributed by atoms with Gasteiger partial charge < -0.3 is 15.1 Å². The Kier molecular flexibility index (Phi) is 9.49. The van der Waals surface area contributed by atoms with Gasteiger partial charge in [0, 0.05) is 43.5 Å². The molecule has 0 aromatic heterocycles. The number of benzene rings is 1. The molecule has 1 fully saturated rings. The molecule has 0 aliphatic carbocycles. The molecule has 2 amide bonds. The van der Waals surface area contributed by atoms with Crippen molar-refractivity contribution in [2.45, 2.75) is 72.6 Å². The molecule has 1 saturated heterocycles. The van der Waals surface area contributed by atoms with E-state index in [0.717, 1.165) is 63.0 Å². The first-order valence-corrected chi connectivity index (χ1v) is 11.5. The number of nitrogens with zero attached hydrogens (tertiary/aromatic N) is 2. The zero-order valence-electron chi connectivity index (χ0n) is 18.8. The monoisotopic (exact) mass is 401 g/mol. The molecule has 0 radical (unpaired) electrons. The van der Waals surface area contributed by atoms with Crippen LogP contribution in [0.15, 0.2) is 18.2 Å². The highest BCUT2D eigenvalue weighted by molar-refractivity contribution is 6.02. The fraction of sp³-hybridized carbons (Fsp3) is 0.667. The fourth-order valence-corrected chi connectivity index (χ4v) is 4.09. The average Bonchev–Trinajstić information content (AvgIpc) is 2.75. The molecule has 0 bridgehead atoms. The van der Waals surface area contributed by atoms with Crippen molar-refractivity contribution in [1.82, 2.24) is 4.90 Å². The highest BCUT2D eigenvalue weighted by atomic mass is 16.2. The van der Waals surface area contributed by atoms with Crippen LogP contribution >= 0.6 is 0 Å². The van der Waals surface area contributed by atoms with Crippen LogP contribution in [0.25, 0.3) is 0 Å². The van der Waals surface area contributed by atoms with Crippen molar-refractivity contribution < 1.29 is 9.59 Å². The molecule has 5 nitrogen and oxygen atoms in total. The maximum atomic E-state index is 13.2. The third-order valence-corrected chi connectivity index (χ3v) is 6.01. The number of piperidine rings is 1. The minimum atomic E-state index is 0.0265. The van der Waals surface area contributed by atoms with Crippen LogP contribution in [0.3, 0.4) is 0 Å². The standard InChI is InChI=1S/C24H39N3O2/c1-5-9-13-19(6-2)23(28)25-20-14-15-22(27-16-11-10-12-17-27)21(18-20)24(29)26(7-3)8-4/h14-15,18-19H,5-13,16-17H2,1-4H3,(H,25,28)/t19-/m1/s1. The summed E-state index contributed by atoms with van der Waals surface area (Å²) in [5, 5.41) is 3.07. The predicted octanol–water partition coefficient (Wildman–Crippen LogP) is 5.31. The van der Waals surface area contributed by atoms with Gasteiger partial charge in [0.05, 0.1) is 5.56 Å². The topological polar surface area (TPSA) is 52.7 Å². The summed E-state index contributed by atoms with van der Waals surface area (Å²) >= 11 is 0. The van der Waals surface area contributed by atoms with Crippen LogP contribution in [-0.4, -0.2) is 42.9 Å². The zero-order valence-corrected chi connectivity index (χ0v) is 18.8. The van der Waals surface area contributed by atoms with Gasteiger partial charge in [0.1, 0.15) is 0 Å². The number of carbonyl (C=O) groups excluding carboxylic acids is 2. The summed E-state index contributed by atoms with van der Waals surface area (Å²) < 4.78 is 0. The lowest BCUT2D eigenvalue weighted by Gasteiger charge is -2.31. The summed E-state index contributed by atoms with van der Waals surface area (Å²) in [5.74, 6) is 0.135. The first kappa shape index (κ1) is 23.2. The lowest BCUT2D eigenvalue weighted by molar-refractivity contribution is -0.120. The van der Waals surface area contributed by atoms with Crippen LogP contribution in [0, 0.1) is 5.92 Å². The number of nitrogens with one attached hydrogen (secondary N) is 1. The Bertz CT molecular complexity index is 664. The van der Waals surface area contributed by atoms with E-state index >= 15 is 0 Å². The first-order chi connectivity index (χ1) is 14.0. The maximum Gasteiger partial charge on any atom is 0.256 e. The van der Waals surface area contributed by atoms with Crippen molar-refractivity contribution in [3.63, 3.8) is 0 Å². The van der Waals surface area contributed by atoms with Crippen LogP contribution in [-0.2, 0) is 4.79 Å². The highest BCUT2D eigenvalue weighted by Crippen LogP contribution is 2.29. The second-order valence-electron chi connectivity index (χ2n) is 7.99. The lowest BCUT2D eigenvalue weighted by Crippen LogP contribution is -2.35. The van der Waals surface area contributed by atoms with E-state index in [2.05, 4.69) is 24.1 Å². The maximum absolute atomic E-state index is 13.2. The van der Waals surface area contributed by atoms with Crippen molar-refractivity contribution in [1.29, 1.82) is 0 Å². The molecule has 1 N–H and O–H groups in total. The summed E-state index contributed by atoms with van der Waals surface area (Å²) in [5.41, 5.74) is 2.42. The van der Waals surface area contributed by atoms with Crippen LogP contribution in [0.4, 0.5) is 11.4 Å². The Morgan fingerprint density at radius 1 is 1.07 bits per heavy atom. The number of amides is 2. The number of hydrogen-bond acceptors (Lipinski definition) is 3. The Labute approximate surface area is 176 Å². The molecule has 29 heavy (non-hydrogen) atoms. The Balaban J connectivity index is 2.29. The van der Waals surface area contributed by atoms with Crippen LogP contribution in [0.1, 0.15) is 83.0 Å². The molecule has 0 saturated carbocycles. The minimum Gasteiger partial charge on any atom is -0.371 e. The van der Waals surface area contributed by atoms with E-state index in [9.17, 15) is 9.59 Å². The second-order valence-corrected chi connectivity index (χ2v) is 7.99. The summed E-state index contributed by atoms with van der Waals surface area (Å²) in [6.45, 7) is 11.6. The highest BCUT2D eigenvalue weighted by Gasteiger charge is 2.23.